The van der Waals surface area contributed by atoms with Crippen molar-refractivity contribution < 1.29 is 4.79 Å². The lowest BCUT2D eigenvalue weighted by Gasteiger charge is -2.43. The third-order valence-corrected chi connectivity index (χ3v) is 5.77. The number of rotatable bonds is 3. The average molecular weight is 309 g/mol. The van der Waals surface area contributed by atoms with Gasteiger partial charge >= 0.3 is 0 Å². The van der Waals surface area contributed by atoms with E-state index in [-0.39, 0.29) is 5.92 Å². The number of benzene rings is 1. The molecule has 1 aliphatic heterocycles. The van der Waals surface area contributed by atoms with E-state index < -0.39 is 0 Å². The SMILES string of the molecule is N#Cc1cccc(C2C[C@@H]2C(=O)N2CCN(C3CCC3)CC2)c1. The monoisotopic (exact) mass is 309 g/mol. The van der Waals surface area contributed by atoms with Gasteiger partial charge in [-0.2, -0.15) is 5.26 Å². The van der Waals surface area contributed by atoms with Crippen LogP contribution >= 0.6 is 0 Å². The Bertz CT molecular complexity index is 638. The van der Waals surface area contributed by atoms with E-state index in [4.69, 9.17) is 5.26 Å². The van der Waals surface area contributed by atoms with Crippen LogP contribution in [0, 0.1) is 17.2 Å². The summed E-state index contributed by atoms with van der Waals surface area (Å²) in [5.41, 5.74) is 1.84. The van der Waals surface area contributed by atoms with Crippen molar-refractivity contribution >= 4 is 5.91 Å². The van der Waals surface area contributed by atoms with Crippen molar-refractivity contribution in [3.8, 4) is 6.07 Å². The van der Waals surface area contributed by atoms with Gasteiger partial charge in [0.2, 0.25) is 5.91 Å². The second-order valence-corrected chi connectivity index (χ2v) is 7.13. The molecule has 2 saturated carbocycles. The summed E-state index contributed by atoms with van der Waals surface area (Å²) < 4.78 is 0. The third-order valence-electron chi connectivity index (χ3n) is 5.77. The molecule has 120 valence electrons. The number of nitriles is 1. The molecule has 0 spiro atoms. The zero-order chi connectivity index (χ0) is 15.8. The molecule has 1 aromatic rings. The first kappa shape index (κ1) is 14.7. The Labute approximate surface area is 137 Å². The van der Waals surface area contributed by atoms with E-state index in [2.05, 4.69) is 15.9 Å². The van der Waals surface area contributed by atoms with Crippen molar-refractivity contribution in [1.29, 1.82) is 5.26 Å². The third kappa shape index (κ3) is 2.86. The van der Waals surface area contributed by atoms with E-state index in [0.29, 0.717) is 17.4 Å². The van der Waals surface area contributed by atoms with Crippen LogP contribution in [0.4, 0.5) is 0 Å². The molecule has 1 amide bonds. The average Bonchev–Trinajstić information content (AvgIpc) is 3.34. The van der Waals surface area contributed by atoms with Crippen LogP contribution in [-0.4, -0.2) is 47.9 Å². The molecular formula is C19H23N3O. The first-order valence-electron chi connectivity index (χ1n) is 8.79. The molecule has 1 saturated heterocycles. The van der Waals surface area contributed by atoms with Crippen LogP contribution in [0.2, 0.25) is 0 Å². The number of carbonyl (C=O) groups is 1. The molecule has 4 rings (SSSR count). The van der Waals surface area contributed by atoms with Crippen molar-refractivity contribution in [1.82, 2.24) is 9.80 Å². The Morgan fingerprint density at radius 3 is 2.61 bits per heavy atom. The number of carbonyl (C=O) groups excluding carboxylic acids is 1. The van der Waals surface area contributed by atoms with Gasteiger partial charge in [0.15, 0.2) is 0 Å². The highest BCUT2D eigenvalue weighted by Gasteiger charge is 2.46. The molecule has 3 fully saturated rings. The molecule has 0 N–H and O–H groups in total. The zero-order valence-electron chi connectivity index (χ0n) is 13.4. The Balaban J connectivity index is 1.33. The van der Waals surface area contributed by atoms with Crippen molar-refractivity contribution in [2.24, 2.45) is 5.92 Å². The van der Waals surface area contributed by atoms with Crippen molar-refractivity contribution in [3.63, 3.8) is 0 Å². The van der Waals surface area contributed by atoms with Crippen LogP contribution in [0.1, 0.15) is 42.7 Å². The summed E-state index contributed by atoms with van der Waals surface area (Å²) in [5, 5.41) is 9.01. The minimum absolute atomic E-state index is 0.138. The van der Waals surface area contributed by atoms with Gasteiger partial charge in [0.1, 0.15) is 0 Å². The van der Waals surface area contributed by atoms with E-state index >= 15 is 0 Å². The predicted molar refractivity (Wildman–Crippen MR) is 87.8 cm³/mol. The van der Waals surface area contributed by atoms with E-state index in [0.717, 1.165) is 44.2 Å². The Morgan fingerprint density at radius 1 is 1.17 bits per heavy atom. The highest BCUT2D eigenvalue weighted by molar-refractivity contribution is 5.83. The quantitative estimate of drug-likeness (QED) is 0.861. The molecule has 4 nitrogen and oxygen atoms in total. The Morgan fingerprint density at radius 2 is 1.96 bits per heavy atom. The number of nitrogens with zero attached hydrogens (tertiary/aromatic N) is 3. The van der Waals surface area contributed by atoms with Crippen LogP contribution in [0.5, 0.6) is 0 Å². The minimum Gasteiger partial charge on any atom is -0.340 e. The summed E-state index contributed by atoms with van der Waals surface area (Å²) in [6.45, 7) is 3.85. The maximum atomic E-state index is 12.7. The molecule has 1 heterocycles. The van der Waals surface area contributed by atoms with Crippen LogP contribution in [0.15, 0.2) is 24.3 Å². The van der Waals surface area contributed by atoms with Crippen molar-refractivity contribution in [3.05, 3.63) is 35.4 Å². The van der Waals surface area contributed by atoms with Gasteiger partial charge in [-0.1, -0.05) is 18.6 Å². The van der Waals surface area contributed by atoms with Gasteiger partial charge in [0, 0.05) is 38.1 Å². The fourth-order valence-electron chi connectivity index (χ4n) is 3.97. The lowest BCUT2D eigenvalue weighted by atomic mass is 9.91. The fraction of sp³-hybridized carbons (Fsp3) is 0.579. The Kier molecular flexibility index (Phi) is 3.82. The van der Waals surface area contributed by atoms with Crippen molar-refractivity contribution in [2.75, 3.05) is 26.2 Å². The summed E-state index contributed by atoms with van der Waals surface area (Å²) in [6, 6.07) is 10.7. The summed E-state index contributed by atoms with van der Waals surface area (Å²) in [4.78, 5) is 17.3. The molecule has 2 aliphatic carbocycles. The maximum Gasteiger partial charge on any atom is 0.226 e. The molecule has 3 aliphatic rings. The maximum absolute atomic E-state index is 12.7. The number of hydrogen-bond donors (Lipinski definition) is 0. The van der Waals surface area contributed by atoms with Gasteiger partial charge in [-0.15, -0.1) is 0 Å². The molecule has 0 aromatic heterocycles. The van der Waals surface area contributed by atoms with Gasteiger partial charge in [0.25, 0.3) is 0 Å². The second-order valence-electron chi connectivity index (χ2n) is 7.13. The number of hydrogen-bond acceptors (Lipinski definition) is 3. The summed E-state index contributed by atoms with van der Waals surface area (Å²) in [5.74, 6) is 0.783. The highest BCUT2D eigenvalue weighted by atomic mass is 16.2. The highest BCUT2D eigenvalue weighted by Crippen LogP contribution is 2.48. The van der Waals surface area contributed by atoms with Crippen LogP contribution < -0.4 is 0 Å². The predicted octanol–water partition coefficient (Wildman–Crippen LogP) is 2.36. The standard InChI is InChI=1S/C19H23N3O/c20-13-14-3-1-4-15(11-14)17-12-18(17)19(23)22-9-7-21(8-10-22)16-5-2-6-16/h1,3-4,11,16-18H,2,5-10,12H2/t17?,18-/m0/s1. The normalized spacial score (nSPS) is 28.0. The second kappa shape index (κ2) is 5.98. The molecule has 1 unspecified atom stereocenters. The van der Waals surface area contributed by atoms with E-state index in [1.165, 1.54) is 19.3 Å². The zero-order valence-corrected chi connectivity index (χ0v) is 13.4. The first-order valence-corrected chi connectivity index (χ1v) is 8.79. The lowest BCUT2D eigenvalue weighted by Crippen LogP contribution is -2.53. The molecule has 2 atom stereocenters. The summed E-state index contributed by atoms with van der Waals surface area (Å²) >= 11 is 0. The fourth-order valence-corrected chi connectivity index (χ4v) is 3.97. The molecule has 0 bridgehead atoms. The van der Waals surface area contributed by atoms with Crippen LogP contribution in [0.3, 0.4) is 0 Å². The smallest absolute Gasteiger partial charge is 0.226 e. The summed E-state index contributed by atoms with van der Waals surface area (Å²) in [6.07, 6.45) is 4.99. The minimum atomic E-state index is 0.138. The molecule has 0 radical (unpaired) electrons. The number of amides is 1. The molecular weight excluding hydrogens is 286 g/mol. The van der Waals surface area contributed by atoms with Gasteiger partial charge in [-0.05, 0) is 42.9 Å². The first-order chi connectivity index (χ1) is 11.3. The van der Waals surface area contributed by atoms with E-state index in [1.54, 1.807) is 0 Å². The largest absolute Gasteiger partial charge is 0.340 e. The van der Waals surface area contributed by atoms with Gasteiger partial charge < -0.3 is 4.90 Å². The van der Waals surface area contributed by atoms with Crippen LogP contribution in [0.25, 0.3) is 0 Å². The van der Waals surface area contributed by atoms with E-state index in [9.17, 15) is 4.79 Å². The topological polar surface area (TPSA) is 47.3 Å². The van der Waals surface area contributed by atoms with Gasteiger partial charge in [-0.3, -0.25) is 9.69 Å². The molecule has 4 heteroatoms. The molecule has 1 aromatic carbocycles. The molecule has 23 heavy (non-hydrogen) atoms. The lowest BCUT2D eigenvalue weighted by molar-refractivity contribution is -0.135. The van der Waals surface area contributed by atoms with Crippen LogP contribution in [-0.2, 0) is 4.79 Å². The van der Waals surface area contributed by atoms with Gasteiger partial charge in [-0.25, -0.2) is 0 Å². The van der Waals surface area contributed by atoms with Crippen molar-refractivity contribution in [2.45, 2.75) is 37.6 Å². The van der Waals surface area contributed by atoms with E-state index in [1.807, 2.05) is 24.3 Å². The summed E-state index contributed by atoms with van der Waals surface area (Å²) in [7, 11) is 0. The van der Waals surface area contributed by atoms with Gasteiger partial charge in [0.05, 0.1) is 11.6 Å². The Hall–Kier alpha value is -1.86. The number of piperazine rings is 1.